The van der Waals surface area contributed by atoms with E-state index in [1.54, 1.807) is 24.3 Å². The maximum absolute atomic E-state index is 13.8. The number of aromatic nitrogens is 2. The van der Waals surface area contributed by atoms with Gasteiger partial charge in [-0.05, 0) is 48.5 Å². The molecule has 0 atom stereocenters. The number of benzene rings is 3. The predicted molar refractivity (Wildman–Crippen MR) is 124 cm³/mol. The number of nitrogens with zero attached hydrogens (tertiary/aromatic N) is 3. The Morgan fingerprint density at radius 2 is 1.62 bits per heavy atom. The van der Waals surface area contributed by atoms with Crippen LogP contribution in [0, 0.1) is 11.6 Å². The Morgan fingerprint density at radius 1 is 0.941 bits per heavy atom. The Labute approximate surface area is 194 Å². The van der Waals surface area contributed by atoms with Crippen LogP contribution in [0.15, 0.2) is 76.4 Å². The summed E-state index contributed by atoms with van der Waals surface area (Å²) in [5, 5.41) is 5.30. The minimum Gasteiger partial charge on any atom is -0.492 e. The third kappa shape index (κ3) is 4.55. The molecule has 0 N–H and O–H groups in total. The molecule has 1 heterocycles. The van der Waals surface area contributed by atoms with Crippen molar-refractivity contribution in [1.29, 1.82) is 0 Å². The summed E-state index contributed by atoms with van der Waals surface area (Å²) in [5.41, 5.74) is 0.327. The van der Waals surface area contributed by atoms with Gasteiger partial charge in [-0.3, -0.25) is 4.79 Å². The molecule has 0 aliphatic heterocycles. The molecule has 10 heteroatoms. The second kappa shape index (κ2) is 9.32. The average Bonchev–Trinajstić information content (AvgIpc) is 2.82. The summed E-state index contributed by atoms with van der Waals surface area (Å²) in [4.78, 5) is 13.1. The fraction of sp³-hybridized carbons (Fsp3) is 0.167. The van der Waals surface area contributed by atoms with Crippen molar-refractivity contribution in [2.75, 3.05) is 20.7 Å². The van der Waals surface area contributed by atoms with Crippen LogP contribution in [0.25, 0.3) is 22.0 Å². The van der Waals surface area contributed by atoms with Crippen molar-refractivity contribution in [3.63, 3.8) is 0 Å². The van der Waals surface area contributed by atoms with E-state index >= 15 is 0 Å². The van der Waals surface area contributed by atoms with Gasteiger partial charge in [0, 0.05) is 25.0 Å². The first-order valence-electron chi connectivity index (χ1n) is 10.3. The zero-order valence-electron chi connectivity index (χ0n) is 18.4. The van der Waals surface area contributed by atoms with E-state index in [4.69, 9.17) is 4.74 Å². The number of ether oxygens (including phenoxy) is 1. The monoisotopic (exact) mass is 485 g/mol. The summed E-state index contributed by atoms with van der Waals surface area (Å²) in [7, 11) is -0.654. The summed E-state index contributed by atoms with van der Waals surface area (Å²) in [5.74, 6) is -1.56. The van der Waals surface area contributed by atoms with Gasteiger partial charge in [0.15, 0.2) is 11.6 Å². The number of hydrogen-bond donors (Lipinski definition) is 0. The van der Waals surface area contributed by atoms with Crippen LogP contribution in [0.4, 0.5) is 8.78 Å². The van der Waals surface area contributed by atoms with Crippen LogP contribution in [0.3, 0.4) is 0 Å². The molecular weight excluding hydrogens is 464 g/mol. The summed E-state index contributed by atoms with van der Waals surface area (Å²) in [6, 6.07) is 16.2. The first-order valence-corrected chi connectivity index (χ1v) is 11.7. The van der Waals surface area contributed by atoms with Crippen LogP contribution in [0.1, 0.15) is 0 Å². The second-order valence-corrected chi connectivity index (χ2v) is 9.81. The number of sulfonamides is 1. The van der Waals surface area contributed by atoms with E-state index in [9.17, 15) is 22.0 Å². The molecule has 0 radical (unpaired) electrons. The fourth-order valence-corrected chi connectivity index (χ4v) is 4.31. The van der Waals surface area contributed by atoms with E-state index in [2.05, 4.69) is 5.10 Å². The molecule has 176 valence electrons. The molecule has 3 aromatic carbocycles. The molecule has 0 saturated carbocycles. The van der Waals surface area contributed by atoms with Gasteiger partial charge in [0.25, 0.3) is 5.56 Å². The van der Waals surface area contributed by atoms with Crippen LogP contribution in [-0.2, 0) is 16.6 Å². The van der Waals surface area contributed by atoms with E-state index in [1.165, 1.54) is 49.1 Å². The molecule has 0 unspecified atom stereocenters. The number of rotatable bonds is 7. The maximum atomic E-state index is 13.8. The van der Waals surface area contributed by atoms with Gasteiger partial charge in [-0.15, -0.1) is 0 Å². The van der Waals surface area contributed by atoms with Gasteiger partial charge in [0.1, 0.15) is 12.4 Å². The fourth-order valence-electron chi connectivity index (χ4n) is 3.41. The smallest absolute Gasteiger partial charge is 0.274 e. The zero-order chi connectivity index (χ0) is 24.5. The molecule has 0 saturated heterocycles. The standard InChI is InChI=1S/C24H21F2N3O4S/c1-28(2)34(31,32)18-10-8-17(9-11-18)33-14-13-29-24(30)20-6-4-3-5-19(20)23(27-29)16-7-12-21(25)22(26)15-16/h3-12,15H,13-14H2,1-2H3. The molecule has 7 nitrogen and oxygen atoms in total. The van der Waals surface area contributed by atoms with Crippen molar-refractivity contribution >= 4 is 20.8 Å². The van der Waals surface area contributed by atoms with Gasteiger partial charge in [0.05, 0.1) is 22.5 Å². The number of halogens is 2. The lowest BCUT2D eigenvalue weighted by Crippen LogP contribution is -2.26. The Kier molecular flexibility index (Phi) is 6.45. The molecule has 4 aromatic rings. The molecule has 1 aromatic heterocycles. The molecular formula is C24H21F2N3O4S. The van der Waals surface area contributed by atoms with E-state index in [-0.39, 0.29) is 23.6 Å². The van der Waals surface area contributed by atoms with Gasteiger partial charge in [0.2, 0.25) is 10.0 Å². The molecule has 4 rings (SSSR count). The van der Waals surface area contributed by atoms with Gasteiger partial charge in [-0.2, -0.15) is 5.10 Å². The summed E-state index contributed by atoms with van der Waals surface area (Å²) >= 11 is 0. The Morgan fingerprint density at radius 3 is 2.26 bits per heavy atom. The van der Waals surface area contributed by atoms with Gasteiger partial charge in [-0.25, -0.2) is 26.2 Å². The second-order valence-electron chi connectivity index (χ2n) is 7.66. The Balaban J connectivity index is 1.60. The summed E-state index contributed by atoms with van der Waals surface area (Å²) in [6.07, 6.45) is 0. The Bertz CT molecular complexity index is 1520. The van der Waals surface area contributed by atoms with Crippen molar-refractivity contribution < 1.29 is 21.9 Å². The molecule has 0 aliphatic carbocycles. The minimum absolute atomic E-state index is 0.0717. The summed E-state index contributed by atoms with van der Waals surface area (Å²) in [6.45, 7) is 0.153. The van der Waals surface area contributed by atoms with Crippen molar-refractivity contribution in [2.24, 2.45) is 0 Å². The largest absolute Gasteiger partial charge is 0.492 e. The van der Waals surface area contributed by atoms with Crippen molar-refractivity contribution in [1.82, 2.24) is 14.1 Å². The minimum atomic E-state index is -3.55. The maximum Gasteiger partial charge on any atom is 0.274 e. The highest BCUT2D eigenvalue weighted by molar-refractivity contribution is 7.89. The number of fused-ring (bicyclic) bond motifs is 1. The van der Waals surface area contributed by atoms with E-state index < -0.39 is 21.7 Å². The first-order chi connectivity index (χ1) is 16.2. The molecule has 0 amide bonds. The van der Waals surface area contributed by atoms with Crippen LogP contribution < -0.4 is 10.3 Å². The Hall–Kier alpha value is -3.63. The van der Waals surface area contributed by atoms with Gasteiger partial charge < -0.3 is 4.74 Å². The van der Waals surface area contributed by atoms with E-state index in [0.717, 1.165) is 16.4 Å². The molecule has 0 spiro atoms. The lowest BCUT2D eigenvalue weighted by Gasteiger charge is -2.13. The van der Waals surface area contributed by atoms with Crippen LogP contribution in [0.2, 0.25) is 0 Å². The summed E-state index contributed by atoms with van der Waals surface area (Å²) < 4.78 is 59.6. The molecule has 0 fully saturated rings. The molecule has 0 bridgehead atoms. The predicted octanol–water partition coefficient (Wildman–Crippen LogP) is 3.67. The van der Waals surface area contributed by atoms with E-state index in [1.807, 2.05) is 0 Å². The third-order valence-electron chi connectivity index (χ3n) is 5.23. The molecule has 0 aliphatic rings. The lowest BCUT2D eigenvalue weighted by molar-refractivity contribution is 0.288. The van der Waals surface area contributed by atoms with Crippen LogP contribution in [-0.4, -0.2) is 43.2 Å². The van der Waals surface area contributed by atoms with Crippen molar-refractivity contribution in [3.05, 3.63) is 88.7 Å². The highest BCUT2D eigenvalue weighted by Crippen LogP contribution is 2.26. The average molecular weight is 486 g/mol. The quantitative estimate of drug-likeness (QED) is 0.399. The third-order valence-corrected chi connectivity index (χ3v) is 7.06. The van der Waals surface area contributed by atoms with Crippen LogP contribution in [0.5, 0.6) is 5.75 Å². The van der Waals surface area contributed by atoms with Crippen molar-refractivity contribution in [2.45, 2.75) is 11.4 Å². The van der Waals surface area contributed by atoms with Gasteiger partial charge >= 0.3 is 0 Å². The highest BCUT2D eigenvalue weighted by Gasteiger charge is 2.17. The highest BCUT2D eigenvalue weighted by atomic mass is 32.2. The SMILES string of the molecule is CN(C)S(=O)(=O)c1ccc(OCCn2nc(-c3ccc(F)c(F)c3)c3ccccc3c2=O)cc1. The van der Waals surface area contributed by atoms with Crippen LogP contribution >= 0.6 is 0 Å². The topological polar surface area (TPSA) is 81.5 Å². The number of hydrogen-bond acceptors (Lipinski definition) is 5. The zero-order valence-corrected chi connectivity index (χ0v) is 19.2. The van der Waals surface area contributed by atoms with Gasteiger partial charge in [-0.1, -0.05) is 18.2 Å². The van der Waals surface area contributed by atoms with E-state index in [0.29, 0.717) is 27.8 Å². The van der Waals surface area contributed by atoms with Crippen molar-refractivity contribution in [3.8, 4) is 17.0 Å². The lowest BCUT2D eigenvalue weighted by atomic mass is 10.0. The first kappa shape index (κ1) is 23.5. The molecule has 34 heavy (non-hydrogen) atoms. The normalized spacial score (nSPS) is 11.8.